The fourth-order valence-electron chi connectivity index (χ4n) is 2.72. The predicted octanol–water partition coefficient (Wildman–Crippen LogP) is 3.04. The Kier molecular flexibility index (Phi) is 3.92. The highest BCUT2D eigenvalue weighted by atomic mass is 35.5. The van der Waals surface area contributed by atoms with Crippen molar-refractivity contribution in [2.24, 2.45) is 0 Å². The van der Waals surface area contributed by atoms with E-state index in [1.54, 1.807) is 0 Å². The van der Waals surface area contributed by atoms with Crippen LogP contribution in [0.2, 0.25) is 0 Å². The lowest BCUT2D eigenvalue weighted by atomic mass is 9.95. The molecular weight excluding hydrogens is 276 g/mol. The van der Waals surface area contributed by atoms with E-state index in [0.29, 0.717) is 11.3 Å². The number of benzene rings is 1. The Morgan fingerprint density at radius 3 is 3.00 bits per heavy atom. The molecule has 106 valence electrons. The molecule has 4 nitrogen and oxygen atoms in total. The molecule has 3 rings (SSSR count). The fraction of sp³-hybridized carbons (Fsp3) is 0.467. The Labute approximate surface area is 122 Å². The van der Waals surface area contributed by atoms with Crippen LogP contribution in [0.3, 0.4) is 0 Å². The van der Waals surface area contributed by atoms with Gasteiger partial charge in [-0.15, -0.1) is 11.6 Å². The number of nitrogens with one attached hydrogen (secondary N) is 1. The van der Waals surface area contributed by atoms with Crippen molar-refractivity contribution in [3.8, 4) is 0 Å². The van der Waals surface area contributed by atoms with E-state index < -0.39 is 0 Å². The number of fused-ring (bicyclic) bond motifs is 1. The second-order valence-corrected chi connectivity index (χ2v) is 5.84. The molecule has 0 bridgehead atoms. The monoisotopic (exact) mass is 292 g/mol. The van der Waals surface area contributed by atoms with Crippen molar-refractivity contribution in [1.29, 1.82) is 0 Å². The summed E-state index contributed by atoms with van der Waals surface area (Å²) < 4.78 is 5.20. The first-order valence-electron chi connectivity index (χ1n) is 7.01. The first-order valence-corrected chi connectivity index (χ1v) is 7.44. The summed E-state index contributed by atoms with van der Waals surface area (Å²) in [6.45, 7) is 0. The summed E-state index contributed by atoms with van der Waals surface area (Å²) in [5.74, 6) is -0.0402. The fourth-order valence-corrected chi connectivity index (χ4v) is 3.07. The number of carbonyl (C=O) groups excluding carboxylic acids is 1. The molecule has 1 N–H and O–H groups in total. The first-order chi connectivity index (χ1) is 9.74. The second-order valence-electron chi connectivity index (χ2n) is 5.28. The molecule has 1 aliphatic rings. The van der Waals surface area contributed by atoms with Gasteiger partial charge in [0.25, 0.3) is 0 Å². The molecule has 2 atom stereocenters. The SMILES string of the molecule is O=C(Cc1noc2ccccc12)NC1CCCCC1Cl. The van der Waals surface area contributed by atoms with Crippen LogP contribution in [0.15, 0.2) is 28.8 Å². The van der Waals surface area contributed by atoms with Gasteiger partial charge in [0, 0.05) is 11.4 Å². The minimum Gasteiger partial charge on any atom is -0.356 e. The predicted molar refractivity (Wildman–Crippen MR) is 77.8 cm³/mol. The number of aromatic nitrogens is 1. The Hall–Kier alpha value is -1.55. The number of carbonyl (C=O) groups is 1. The smallest absolute Gasteiger partial charge is 0.226 e. The molecule has 20 heavy (non-hydrogen) atoms. The number of hydrogen-bond donors (Lipinski definition) is 1. The normalized spacial score (nSPS) is 22.9. The van der Waals surface area contributed by atoms with E-state index in [2.05, 4.69) is 10.5 Å². The highest BCUT2D eigenvalue weighted by Gasteiger charge is 2.25. The molecule has 1 aromatic heterocycles. The van der Waals surface area contributed by atoms with Crippen molar-refractivity contribution in [2.75, 3.05) is 0 Å². The second kappa shape index (κ2) is 5.83. The van der Waals surface area contributed by atoms with Crippen LogP contribution in [0.4, 0.5) is 0 Å². The number of hydrogen-bond acceptors (Lipinski definition) is 3. The zero-order valence-electron chi connectivity index (χ0n) is 11.1. The zero-order chi connectivity index (χ0) is 13.9. The molecule has 1 aromatic carbocycles. The lowest BCUT2D eigenvalue weighted by Gasteiger charge is -2.27. The van der Waals surface area contributed by atoms with Gasteiger partial charge in [0.15, 0.2) is 5.58 Å². The summed E-state index contributed by atoms with van der Waals surface area (Å²) in [4.78, 5) is 12.1. The first kappa shape index (κ1) is 13.4. The van der Waals surface area contributed by atoms with E-state index in [9.17, 15) is 4.79 Å². The Balaban J connectivity index is 1.66. The van der Waals surface area contributed by atoms with E-state index in [0.717, 1.165) is 31.1 Å². The average molecular weight is 293 g/mol. The van der Waals surface area contributed by atoms with Crippen molar-refractivity contribution in [3.05, 3.63) is 30.0 Å². The topological polar surface area (TPSA) is 55.1 Å². The average Bonchev–Trinajstić information content (AvgIpc) is 2.85. The highest BCUT2D eigenvalue weighted by Crippen LogP contribution is 2.23. The largest absolute Gasteiger partial charge is 0.356 e. The Morgan fingerprint density at radius 2 is 2.15 bits per heavy atom. The van der Waals surface area contributed by atoms with Crippen molar-refractivity contribution in [1.82, 2.24) is 10.5 Å². The molecule has 1 saturated carbocycles. The maximum atomic E-state index is 12.1. The maximum Gasteiger partial charge on any atom is 0.226 e. The van der Waals surface area contributed by atoms with Gasteiger partial charge in [0.05, 0.1) is 11.8 Å². The van der Waals surface area contributed by atoms with Crippen LogP contribution >= 0.6 is 11.6 Å². The van der Waals surface area contributed by atoms with Gasteiger partial charge in [0.1, 0.15) is 5.69 Å². The van der Waals surface area contributed by atoms with E-state index in [1.807, 2.05) is 24.3 Å². The molecule has 2 unspecified atom stereocenters. The summed E-state index contributed by atoms with van der Waals surface area (Å²) in [6.07, 6.45) is 4.44. The van der Waals surface area contributed by atoms with Gasteiger partial charge < -0.3 is 9.84 Å². The summed E-state index contributed by atoms with van der Waals surface area (Å²) >= 11 is 6.25. The third kappa shape index (κ3) is 2.80. The van der Waals surface area contributed by atoms with Crippen molar-refractivity contribution in [3.63, 3.8) is 0 Å². The number of para-hydroxylation sites is 1. The van der Waals surface area contributed by atoms with E-state index in [4.69, 9.17) is 16.1 Å². The van der Waals surface area contributed by atoms with Crippen LogP contribution in [0.5, 0.6) is 0 Å². The van der Waals surface area contributed by atoms with E-state index in [-0.39, 0.29) is 23.7 Å². The van der Waals surface area contributed by atoms with Gasteiger partial charge >= 0.3 is 0 Å². The van der Waals surface area contributed by atoms with Crippen molar-refractivity contribution < 1.29 is 9.32 Å². The van der Waals surface area contributed by atoms with Gasteiger partial charge in [-0.25, -0.2) is 0 Å². The van der Waals surface area contributed by atoms with E-state index >= 15 is 0 Å². The minimum absolute atomic E-state index is 0.0402. The standard InChI is InChI=1S/C15H17ClN2O2/c16-11-6-2-3-7-12(11)17-15(19)9-13-10-5-1-4-8-14(10)20-18-13/h1,4-5,8,11-12H,2-3,6-7,9H2,(H,17,19). The van der Waals surface area contributed by atoms with Crippen LogP contribution < -0.4 is 5.32 Å². The van der Waals surface area contributed by atoms with Crippen LogP contribution in [0.1, 0.15) is 31.4 Å². The van der Waals surface area contributed by atoms with Crippen LogP contribution in [-0.4, -0.2) is 22.5 Å². The number of nitrogens with zero attached hydrogens (tertiary/aromatic N) is 1. The van der Waals surface area contributed by atoms with Crippen LogP contribution in [0, 0.1) is 0 Å². The third-order valence-corrected chi connectivity index (χ3v) is 4.33. The van der Waals surface area contributed by atoms with E-state index in [1.165, 1.54) is 0 Å². The maximum absolute atomic E-state index is 12.1. The molecule has 0 spiro atoms. The van der Waals surface area contributed by atoms with Crippen LogP contribution in [-0.2, 0) is 11.2 Å². The molecular formula is C15H17ClN2O2. The summed E-state index contributed by atoms with van der Waals surface area (Å²) in [7, 11) is 0. The van der Waals surface area contributed by atoms with Gasteiger partial charge in [-0.3, -0.25) is 4.79 Å². The Bertz CT molecular complexity index is 611. The summed E-state index contributed by atoms with van der Waals surface area (Å²) in [5, 5.41) is 7.94. The van der Waals surface area contributed by atoms with Gasteiger partial charge in [-0.1, -0.05) is 30.1 Å². The van der Waals surface area contributed by atoms with Gasteiger partial charge in [-0.05, 0) is 25.0 Å². The molecule has 1 heterocycles. The van der Waals surface area contributed by atoms with Crippen LogP contribution in [0.25, 0.3) is 11.0 Å². The lowest BCUT2D eigenvalue weighted by Crippen LogP contribution is -2.43. The van der Waals surface area contributed by atoms with Gasteiger partial charge in [0.2, 0.25) is 5.91 Å². The molecule has 1 aliphatic carbocycles. The zero-order valence-corrected chi connectivity index (χ0v) is 11.9. The molecule has 2 aromatic rings. The Morgan fingerprint density at radius 1 is 1.35 bits per heavy atom. The van der Waals surface area contributed by atoms with Crippen molar-refractivity contribution in [2.45, 2.75) is 43.5 Å². The number of halogens is 1. The number of rotatable bonds is 3. The molecule has 0 radical (unpaired) electrons. The van der Waals surface area contributed by atoms with Crippen molar-refractivity contribution >= 4 is 28.5 Å². The number of amides is 1. The molecule has 1 fully saturated rings. The third-order valence-electron chi connectivity index (χ3n) is 3.81. The summed E-state index contributed by atoms with van der Waals surface area (Å²) in [5.41, 5.74) is 1.39. The molecule has 0 saturated heterocycles. The molecule has 0 aliphatic heterocycles. The lowest BCUT2D eigenvalue weighted by molar-refractivity contribution is -0.121. The minimum atomic E-state index is -0.0402. The quantitative estimate of drug-likeness (QED) is 0.885. The molecule has 1 amide bonds. The molecule has 5 heteroatoms. The highest BCUT2D eigenvalue weighted by molar-refractivity contribution is 6.21. The van der Waals surface area contributed by atoms with Gasteiger partial charge in [-0.2, -0.15) is 0 Å². The summed E-state index contributed by atoms with van der Waals surface area (Å²) in [6, 6.07) is 7.64. The number of alkyl halides is 1.